The van der Waals surface area contributed by atoms with Crippen LogP contribution in [0.25, 0.3) is 0 Å². The first kappa shape index (κ1) is 10.8. The van der Waals surface area contributed by atoms with E-state index >= 15 is 0 Å². The maximum atomic E-state index is 10.9. The van der Waals surface area contributed by atoms with E-state index in [1.807, 2.05) is 13.0 Å². The third kappa shape index (κ3) is 2.60. The molecule has 1 rings (SSSR count). The zero-order valence-corrected chi connectivity index (χ0v) is 8.45. The number of nitrogens with two attached hydrogens (primary N) is 1. The largest absolute Gasteiger partial charge is 0.469 e. The molecule has 4 heteroatoms. The molecule has 0 radical (unpaired) electrons. The Hall–Kier alpha value is -1.29. The SMILES string of the molecule is CCc1ccc([C@@H](N)CC(=O)OC)o1. The summed E-state index contributed by atoms with van der Waals surface area (Å²) in [5.74, 6) is 1.18. The number of carbonyl (C=O) groups is 1. The van der Waals surface area contributed by atoms with Crippen molar-refractivity contribution in [2.75, 3.05) is 7.11 Å². The van der Waals surface area contributed by atoms with Crippen LogP contribution in [0.3, 0.4) is 0 Å². The molecule has 0 saturated carbocycles. The molecule has 0 aliphatic heterocycles. The molecule has 0 unspecified atom stereocenters. The third-order valence-electron chi connectivity index (χ3n) is 2.01. The lowest BCUT2D eigenvalue weighted by Crippen LogP contribution is -2.15. The van der Waals surface area contributed by atoms with E-state index in [2.05, 4.69) is 4.74 Å². The number of carbonyl (C=O) groups excluding carboxylic acids is 1. The van der Waals surface area contributed by atoms with Crippen LogP contribution in [0.15, 0.2) is 16.5 Å². The Morgan fingerprint density at radius 2 is 2.36 bits per heavy atom. The summed E-state index contributed by atoms with van der Waals surface area (Å²) in [7, 11) is 1.34. The predicted molar refractivity (Wildman–Crippen MR) is 51.6 cm³/mol. The second kappa shape index (κ2) is 4.81. The first-order valence-corrected chi connectivity index (χ1v) is 4.58. The van der Waals surface area contributed by atoms with Crippen LogP contribution in [0.2, 0.25) is 0 Å². The summed E-state index contributed by atoms with van der Waals surface area (Å²) < 4.78 is 9.92. The van der Waals surface area contributed by atoms with Gasteiger partial charge in [0.05, 0.1) is 19.6 Å². The highest BCUT2D eigenvalue weighted by Gasteiger charge is 2.15. The first-order valence-electron chi connectivity index (χ1n) is 4.58. The molecule has 1 aromatic rings. The zero-order chi connectivity index (χ0) is 10.6. The number of hydrogen-bond donors (Lipinski definition) is 1. The van der Waals surface area contributed by atoms with Crippen LogP contribution >= 0.6 is 0 Å². The van der Waals surface area contributed by atoms with E-state index in [0.29, 0.717) is 5.76 Å². The molecule has 1 atom stereocenters. The van der Waals surface area contributed by atoms with Crippen LogP contribution in [0, 0.1) is 0 Å². The van der Waals surface area contributed by atoms with Gasteiger partial charge >= 0.3 is 5.97 Å². The minimum atomic E-state index is -0.414. The van der Waals surface area contributed by atoms with E-state index in [9.17, 15) is 4.79 Å². The number of hydrogen-bond acceptors (Lipinski definition) is 4. The van der Waals surface area contributed by atoms with Crippen molar-refractivity contribution in [2.45, 2.75) is 25.8 Å². The second-order valence-electron chi connectivity index (χ2n) is 3.04. The molecule has 2 N–H and O–H groups in total. The average Bonchev–Trinajstić information content (AvgIpc) is 2.65. The summed E-state index contributed by atoms with van der Waals surface area (Å²) in [6, 6.07) is 3.25. The number of aryl methyl sites for hydroxylation is 1. The average molecular weight is 197 g/mol. The Kier molecular flexibility index (Phi) is 3.71. The van der Waals surface area contributed by atoms with Gasteiger partial charge in [-0.25, -0.2) is 0 Å². The lowest BCUT2D eigenvalue weighted by atomic mass is 10.2. The fraction of sp³-hybridized carbons (Fsp3) is 0.500. The van der Waals surface area contributed by atoms with E-state index in [1.165, 1.54) is 7.11 Å². The summed E-state index contributed by atoms with van der Waals surface area (Å²) in [5, 5.41) is 0. The molecule has 0 aliphatic carbocycles. The van der Waals surface area contributed by atoms with Gasteiger partial charge in [0.1, 0.15) is 11.5 Å². The van der Waals surface area contributed by atoms with E-state index in [0.717, 1.165) is 12.2 Å². The maximum absolute atomic E-state index is 10.9. The molecule has 14 heavy (non-hydrogen) atoms. The maximum Gasteiger partial charge on any atom is 0.307 e. The summed E-state index contributed by atoms with van der Waals surface area (Å²) in [4.78, 5) is 10.9. The Morgan fingerprint density at radius 3 is 2.86 bits per heavy atom. The van der Waals surface area contributed by atoms with Crippen molar-refractivity contribution in [3.8, 4) is 0 Å². The van der Waals surface area contributed by atoms with Gasteiger partial charge in [0, 0.05) is 6.42 Å². The van der Waals surface area contributed by atoms with Gasteiger partial charge in [0.15, 0.2) is 0 Å². The molecule has 78 valence electrons. The monoisotopic (exact) mass is 197 g/mol. The van der Waals surface area contributed by atoms with E-state index in [-0.39, 0.29) is 12.4 Å². The van der Waals surface area contributed by atoms with Crippen molar-refractivity contribution in [3.05, 3.63) is 23.7 Å². The van der Waals surface area contributed by atoms with Crippen molar-refractivity contribution in [3.63, 3.8) is 0 Å². The van der Waals surface area contributed by atoms with Crippen molar-refractivity contribution in [1.82, 2.24) is 0 Å². The quantitative estimate of drug-likeness (QED) is 0.741. The molecule has 1 heterocycles. The fourth-order valence-corrected chi connectivity index (χ4v) is 1.15. The Bertz CT molecular complexity index is 306. The van der Waals surface area contributed by atoms with Gasteiger partial charge in [-0.15, -0.1) is 0 Å². The molecule has 1 aromatic heterocycles. The molecule has 0 bridgehead atoms. The van der Waals surface area contributed by atoms with Gasteiger partial charge in [-0.05, 0) is 12.1 Å². The minimum absolute atomic E-state index is 0.146. The molecule has 0 spiro atoms. The zero-order valence-electron chi connectivity index (χ0n) is 8.45. The summed E-state index contributed by atoms with van der Waals surface area (Å²) in [6.45, 7) is 1.99. The molecule has 0 aromatic carbocycles. The molecule has 0 amide bonds. The number of ether oxygens (including phenoxy) is 1. The molecule has 0 saturated heterocycles. The highest BCUT2D eigenvalue weighted by atomic mass is 16.5. The van der Waals surface area contributed by atoms with Gasteiger partial charge in [-0.3, -0.25) is 4.79 Å². The minimum Gasteiger partial charge on any atom is -0.469 e. The number of esters is 1. The summed E-state index contributed by atoms with van der Waals surface area (Å²) in [5.41, 5.74) is 5.74. The topological polar surface area (TPSA) is 65.5 Å². The van der Waals surface area contributed by atoms with Gasteiger partial charge in [-0.1, -0.05) is 6.92 Å². The van der Waals surface area contributed by atoms with Crippen LogP contribution in [-0.2, 0) is 16.0 Å². The van der Waals surface area contributed by atoms with Crippen molar-refractivity contribution >= 4 is 5.97 Å². The summed E-state index contributed by atoms with van der Waals surface area (Å²) >= 11 is 0. The number of furan rings is 1. The van der Waals surface area contributed by atoms with Gasteiger partial charge in [0.2, 0.25) is 0 Å². The highest BCUT2D eigenvalue weighted by molar-refractivity contribution is 5.70. The molecular formula is C10H15NO3. The Labute approximate surface area is 83.0 Å². The van der Waals surface area contributed by atoms with Gasteiger partial charge in [0.25, 0.3) is 0 Å². The third-order valence-corrected chi connectivity index (χ3v) is 2.01. The second-order valence-corrected chi connectivity index (χ2v) is 3.04. The molecule has 4 nitrogen and oxygen atoms in total. The molecular weight excluding hydrogens is 182 g/mol. The Balaban J connectivity index is 2.60. The number of rotatable bonds is 4. The van der Waals surface area contributed by atoms with Crippen molar-refractivity contribution < 1.29 is 13.9 Å². The van der Waals surface area contributed by atoms with Crippen molar-refractivity contribution in [1.29, 1.82) is 0 Å². The molecule has 0 aliphatic rings. The lowest BCUT2D eigenvalue weighted by Gasteiger charge is -2.06. The van der Waals surface area contributed by atoms with Gasteiger partial charge in [-0.2, -0.15) is 0 Å². The van der Waals surface area contributed by atoms with E-state index < -0.39 is 6.04 Å². The van der Waals surface area contributed by atoms with Crippen LogP contribution in [-0.4, -0.2) is 13.1 Å². The summed E-state index contributed by atoms with van der Waals surface area (Å²) in [6.07, 6.45) is 0.970. The van der Waals surface area contributed by atoms with Crippen LogP contribution in [0.4, 0.5) is 0 Å². The normalized spacial score (nSPS) is 12.5. The highest BCUT2D eigenvalue weighted by Crippen LogP contribution is 2.17. The van der Waals surface area contributed by atoms with Gasteiger partial charge < -0.3 is 14.9 Å². The van der Waals surface area contributed by atoms with Crippen molar-refractivity contribution in [2.24, 2.45) is 5.73 Å². The lowest BCUT2D eigenvalue weighted by molar-refractivity contribution is -0.141. The molecule has 0 fully saturated rings. The smallest absolute Gasteiger partial charge is 0.307 e. The predicted octanol–water partition coefficient (Wildman–Crippen LogP) is 1.40. The van der Waals surface area contributed by atoms with Crippen LogP contribution in [0.1, 0.15) is 30.9 Å². The number of methoxy groups -OCH3 is 1. The Morgan fingerprint density at radius 1 is 1.64 bits per heavy atom. The first-order chi connectivity index (χ1) is 6.67. The standard InChI is InChI=1S/C10H15NO3/c1-3-7-4-5-9(14-7)8(11)6-10(12)13-2/h4-5,8H,3,6,11H2,1-2H3/t8-/m0/s1. The van der Waals surface area contributed by atoms with E-state index in [4.69, 9.17) is 10.2 Å². The van der Waals surface area contributed by atoms with Crippen LogP contribution in [0.5, 0.6) is 0 Å². The van der Waals surface area contributed by atoms with Crippen LogP contribution < -0.4 is 5.73 Å². The van der Waals surface area contributed by atoms with E-state index in [1.54, 1.807) is 6.07 Å². The fourth-order valence-electron chi connectivity index (χ4n) is 1.15.